The second kappa shape index (κ2) is 5.39. The number of nitrogens with two attached hydrogens (primary N) is 1. The zero-order chi connectivity index (χ0) is 12.1. The average molecular weight is 223 g/mol. The SMILES string of the molecule is COC(=O)CCOc1cc(C)c(N)cc1C. The van der Waals surface area contributed by atoms with Crippen molar-refractivity contribution in [1.82, 2.24) is 0 Å². The van der Waals surface area contributed by atoms with Crippen molar-refractivity contribution in [3.8, 4) is 5.75 Å². The van der Waals surface area contributed by atoms with Crippen molar-refractivity contribution < 1.29 is 14.3 Å². The Balaban J connectivity index is 2.60. The van der Waals surface area contributed by atoms with Crippen LogP contribution in [0.4, 0.5) is 5.69 Å². The molecule has 0 amide bonds. The Morgan fingerprint density at radius 1 is 1.31 bits per heavy atom. The van der Waals surface area contributed by atoms with E-state index in [1.165, 1.54) is 7.11 Å². The van der Waals surface area contributed by atoms with E-state index >= 15 is 0 Å². The number of benzene rings is 1. The van der Waals surface area contributed by atoms with E-state index in [-0.39, 0.29) is 12.4 Å². The molecule has 0 atom stereocenters. The molecule has 4 heteroatoms. The number of methoxy groups -OCH3 is 1. The van der Waals surface area contributed by atoms with E-state index in [1.54, 1.807) is 0 Å². The first kappa shape index (κ1) is 12.4. The number of aryl methyl sites for hydroxylation is 2. The van der Waals surface area contributed by atoms with Gasteiger partial charge < -0.3 is 15.2 Å². The van der Waals surface area contributed by atoms with Crippen LogP contribution in [0.5, 0.6) is 5.75 Å². The van der Waals surface area contributed by atoms with Crippen LogP contribution in [0, 0.1) is 13.8 Å². The molecule has 1 rings (SSSR count). The molecule has 1 aromatic carbocycles. The van der Waals surface area contributed by atoms with Crippen LogP contribution in [0.2, 0.25) is 0 Å². The average Bonchev–Trinajstić information content (AvgIpc) is 2.25. The molecule has 1 aromatic rings. The summed E-state index contributed by atoms with van der Waals surface area (Å²) in [6, 6.07) is 3.74. The second-order valence-corrected chi connectivity index (χ2v) is 3.65. The highest BCUT2D eigenvalue weighted by atomic mass is 16.5. The fourth-order valence-electron chi connectivity index (χ4n) is 1.31. The number of ether oxygens (including phenoxy) is 2. The minimum atomic E-state index is -0.273. The van der Waals surface area contributed by atoms with E-state index < -0.39 is 0 Å². The molecule has 2 N–H and O–H groups in total. The summed E-state index contributed by atoms with van der Waals surface area (Å²) in [6.45, 7) is 4.15. The largest absolute Gasteiger partial charge is 0.493 e. The van der Waals surface area contributed by atoms with Crippen molar-refractivity contribution in [3.05, 3.63) is 23.3 Å². The summed E-state index contributed by atoms with van der Waals surface area (Å²) >= 11 is 0. The summed E-state index contributed by atoms with van der Waals surface area (Å²) < 4.78 is 10.0. The Bertz CT molecular complexity index is 388. The first-order valence-electron chi connectivity index (χ1n) is 5.11. The molecule has 0 bridgehead atoms. The molecular weight excluding hydrogens is 206 g/mol. The van der Waals surface area contributed by atoms with Crippen LogP contribution in [-0.4, -0.2) is 19.7 Å². The quantitative estimate of drug-likeness (QED) is 0.624. The maximum absolute atomic E-state index is 10.9. The van der Waals surface area contributed by atoms with Gasteiger partial charge in [-0.1, -0.05) is 0 Å². The van der Waals surface area contributed by atoms with Gasteiger partial charge in [-0.05, 0) is 37.1 Å². The summed E-state index contributed by atoms with van der Waals surface area (Å²) in [6.07, 6.45) is 0.249. The Kier molecular flexibility index (Phi) is 4.17. The summed E-state index contributed by atoms with van der Waals surface area (Å²) in [5.41, 5.74) is 8.44. The first-order chi connectivity index (χ1) is 7.54. The highest BCUT2D eigenvalue weighted by Crippen LogP contribution is 2.24. The summed E-state index contributed by atoms with van der Waals surface area (Å²) in [5, 5.41) is 0. The fourth-order valence-corrected chi connectivity index (χ4v) is 1.31. The van der Waals surface area contributed by atoms with E-state index in [0.29, 0.717) is 6.61 Å². The molecule has 0 unspecified atom stereocenters. The minimum Gasteiger partial charge on any atom is -0.493 e. The highest BCUT2D eigenvalue weighted by molar-refractivity contribution is 5.69. The van der Waals surface area contributed by atoms with Crippen molar-refractivity contribution in [2.24, 2.45) is 0 Å². The normalized spacial score (nSPS) is 9.94. The van der Waals surface area contributed by atoms with Gasteiger partial charge in [-0.2, -0.15) is 0 Å². The third kappa shape index (κ3) is 3.15. The highest BCUT2D eigenvalue weighted by Gasteiger charge is 2.05. The van der Waals surface area contributed by atoms with Crippen LogP contribution < -0.4 is 10.5 Å². The van der Waals surface area contributed by atoms with Crippen molar-refractivity contribution in [3.63, 3.8) is 0 Å². The first-order valence-corrected chi connectivity index (χ1v) is 5.11. The van der Waals surface area contributed by atoms with Crippen molar-refractivity contribution >= 4 is 11.7 Å². The zero-order valence-electron chi connectivity index (χ0n) is 9.87. The number of hydrogen-bond donors (Lipinski definition) is 1. The maximum atomic E-state index is 10.9. The maximum Gasteiger partial charge on any atom is 0.308 e. The Hall–Kier alpha value is -1.71. The number of nitrogen functional groups attached to an aromatic ring is 1. The number of hydrogen-bond acceptors (Lipinski definition) is 4. The second-order valence-electron chi connectivity index (χ2n) is 3.65. The molecule has 0 aromatic heterocycles. The van der Waals surface area contributed by atoms with Crippen LogP contribution >= 0.6 is 0 Å². The van der Waals surface area contributed by atoms with Gasteiger partial charge in [0.05, 0.1) is 20.1 Å². The molecule has 0 heterocycles. The van der Waals surface area contributed by atoms with Crippen molar-refractivity contribution in [2.45, 2.75) is 20.3 Å². The third-order valence-electron chi connectivity index (χ3n) is 2.36. The van der Waals surface area contributed by atoms with Crippen molar-refractivity contribution in [1.29, 1.82) is 0 Å². The number of anilines is 1. The van der Waals surface area contributed by atoms with E-state index in [4.69, 9.17) is 10.5 Å². The number of rotatable bonds is 4. The van der Waals surface area contributed by atoms with Gasteiger partial charge in [0.25, 0.3) is 0 Å². The van der Waals surface area contributed by atoms with Gasteiger partial charge in [-0.15, -0.1) is 0 Å². The fraction of sp³-hybridized carbons (Fsp3) is 0.417. The lowest BCUT2D eigenvalue weighted by molar-refractivity contribution is -0.141. The predicted octanol–water partition coefficient (Wildman–Crippen LogP) is 1.83. The Morgan fingerprint density at radius 3 is 2.62 bits per heavy atom. The Morgan fingerprint density at radius 2 is 2.00 bits per heavy atom. The lowest BCUT2D eigenvalue weighted by Crippen LogP contribution is -2.08. The molecule has 88 valence electrons. The molecule has 0 saturated carbocycles. The van der Waals surface area contributed by atoms with Crippen LogP contribution in [-0.2, 0) is 9.53 Å². The van der Waals surface area contributed by atoms with Gasteiger partial charge in [0.2, 0.25) is 0 Å². The molecular formula is C12H17NO3. The van der Waals surface area contributed by atoms with E-state index in [2.05, 4.69) is 4.74 Å². The molecule has 0 saturated heterocycles. The lowest BCUT2D eigenvalue weighted by atomic mass is 10.1. The molecule has 16 heavy (non-hydrogen) atoms. The summed E-state index contributed by atoms with van der Waals surface area (Å²) in [7, 11) is 1.36. The molecule has 0 fully saturated rings. The van der Waals surface area contributed by atoms with Crippen LogP contribution in [0.3, 0.4) is 0 Å². The minimum absolute atomic E-state index is 0.249. The van der Waals surface area contributed by atoms with Gasteiger partial charge in [0.1, 0.15) is 5.75 Å². The van der Waals surface area contributed by atoms with Crippen LogP contribution in [0.1, 0.15) is 17.5 Å². The van der Waals surface area contributed by atoms with E-state index in [9.17, 15) is 4.79 Å². The number of carbonyl (C=O) groups is 1. The zero-order valence-corrected chi connectivity index (χ0v) is 9.87. The summed E-state index contributed by atoms with van der Waals surface area (Å²) in [5.74, 6) is 0.487. The van der Waals surface area contributed by atoms with Crippen LogP contribution in [0.15, 0.2) is 12.1 Å². The van der Waals surface area contributed by atoms with Gasteiger partial charge >= 0.3 is 5.97 Å². The molecule has 0 aliphatic rings. The smallest absolute Gasteiger partial charge is 0.308 e. The lowest BCUT2D eigenvalue weighted by Gasteiger charge is -2.11. The Labute approximate surface area is 95.3 Å². The van der Waals surface area contributed by atoms with E-state index in [1.807, 2.05) is 26.0 Å². The summed E-state index contributed by atoms with van der Waals surface area (Å²) in [4.78, 5) is 10.9. The topological polar surface area (TPSA) is 61.5 Å². The standard InChI is InChI=1S/C12H17NO3/c1-8-7-11(9(2)6-10(8)13)16-5-4-12(14)15-3/h6-7H,4-5,13H2,1-3H3. The van der Waals surface area contributed by atoms with Gasteiger partial charge in [-0.3, -0.25) is 4.79 Å². The molecule has 0 aliphatic carbocycles. The van der Waals surface area contributed by atoms with E-state index in [0.717, 1.165) is 22.6 Å². The van der Waals surface area contributed by atoms with Crippen LogP contribution in [0.25, 0.3) is 0 Å². The number of carbonyl (C=O) groups excluding carboxylic acids is 1. The van der Waals surface area contributed by atoms with Gasteiger partial charge in [-0.25, -0.2) is 0 Å². The molecule has 0 aliphatic heterocycles. The molecule has 0 spiro atoms. The van der Waals surface area contributed by atoms with Gasteiger partial charge in [0.15, 0.2) is 0 Å². The molecule has 0 radical (unpaired) electrons. The van der Waals surface area contributed by atoms with Crippen molar-refractivity contribution in [2.75, 3.05) is 19.5 Å². The number of esters is 1. The predicted molar refractivity (Wildman–Crippen MR) is 62.5 cm³/mol. The third-order valence-corrected chi connectivity index (χ3v) is 2.36. The van der Waals surface area contributed by atoms with Gasteiger partial charge in [0, 0.05) is 5.69 Å². The monoisotopic (exact) mass is 223 g/mol. The molecule has 4 nitrogen and oxygen atoms in total.